The molecule has 0 aliphatic carbocycles. The van der Waals surface area contributed by atoms with Crippen molar-refractivity contribution in [2.45, 2.75) is 6.42 Å². The molecule has 0 bridgehead atoms. The van der Waals surface area contributed by atoms with Crippen LogP contribution in [-0.4, -0.2) is 38.0 Å². The molecule has 1 saturated heterocycles. The Balaban J connectivity index is 2.10. The standard InChI is InChI=1S/C7H14N2O/c1-8-7(10)3-6-4-9(2)5-6/h6H,3-5H2,1-2H3,(H,8,10). The van der Waals surface area contributed by atoms with E-state index in [0.717, 1.165) is 13.1 Å². The van der Waals surface area contributed by atoms with Crippen molar-refractivity contribution in [3.8, 4) is 0 Å². The summed E-state index contributed by atoms with van der Waals surface area (Å²) < 4.78 is 0. The Bertz CT molecular complexity index is 130. The molecule has 0 spiro atoms. The summed E-state index contributed by atoms with van der Waals surface area (Å²) in [7, 11) is 3.76. The van der Waals surface area contributed by atoms with Crippen molar-refractivity contribution in [2.75, 3.05) is 27.2 Å². The minimum Gasteiger partial charge on any atom is -0.359 e. The molecule has 10 heavy (non-hydrogen) atoms. The number of rotatable bonds is 2. The minimum absolute atomic E-state index is 0.165. The molecule has 58 valence electrons. The van der Waals surface area contributed by atoms with Crippen LogP contribution in [-0.2, 0) is 4.79 Å². The van der Waals surface area contributed by atoms with Crippen LogP contribution in [0.25, 0.3) is 0 Å². The minimum atomic E-state index is 0.165. The molecule has 1 amide bonds. The van der Waals surface area contributed by atoms with Crippen molar-refractivity contribution in [1.82, 2.24) is 10.2 Å². The Labute approximate surface area is 61.4 Å². The molecule has 0 aromatic rings. The van der Waals surface area contributed by atoms with E-state index in [1.807, 2.05) is 0 Å². The Morgan fingerprint density at radius 1 is 1.70 bits per heavy atom. The second-order valence-corrected chi connectivity index (χ2v) is 2.96. The third kappa shape index (κ3) is 1.70. The largest absolute Gasteiger partial charge is 0.359 e. The Hall–Kier alpha value is -0.570. The highest BCUT2D eigenvalue weighted by atomic mass is 16.1. The van der Waals surface area contributed by atoms with Crippen LogP contribution < -0.4 is 5.32 Å². The van der Waals surface area contributed by atoms with Gasteiger partial charge in [0.2, 0.25) is 5.91 Å². The predicted octanol–water partition coefficient (Wildman–Crippen LogP) is -0.316. The fourth-order valence-electron chi connectivity index (χ4n) is 1.32. The first-order valence-electron chi connectivity index (χ1n) is 3.61. The summed E-state index contributed by atoms with van der Waals surface area (Å²) in [6.07, 6.45) is 0.695. The highest BCUT2D eigenvalue weighted by molar-refractivity contribution is 5.75. The van der Waals surface area contributed by atoms with Gasteiger partial charge >= 0.3 is 0 Å². The number of carbonyl (C=O) groups is 1. The van der Waals surface area contributed by atoms with Crippen molar-refractivity contribution >= 4 is 5.91 Å². The zero-order valence-corrected chi connectivity index (χ0v) is 6.55. The van der Waals surface area contributed by atoms with E-state index in [1.54, 1.807) is 7.05 Å². The molecule has 0 saturated carbocycles. The van der Waals surface area contributed by atoms with Gasteiger partial charge in [-0.05, 0) is 13.0 Å². The van der Waals surface area contributed by atoms with E-state index in [2.05, 4.69) is 17.3 Å². The van der Waals surface area contributed by atoms with Gasteiger partial charge in [-0.15, -0.1) is 0 Å². The van der Waals surface area contributed by atoms with Crippen molar-refractivity contribution in [2.24, 2.45) is 5.92 Å². The molecule has 0 radical (unpaired) electrons. The van der Waals surface area contributed by atoms with E-state index < -0.39 is 0 Å². The smallest absolute Gasteiger partial charge is 0.220 e. The first kappa shape index (κ1) is 7.54. The third-order valence-electron chi connectivity index (χ3n) is 1.89. The summed E-state index contributed by atoms with van der Waals surface area (Å²) in [5.74, 6) is 0.767. The van der Waals surface area contributed by atoms with Crippen LogP contribution >= 0.6 is 0 Å². The maximum absolute atomic E-state index is 10.8. The number of nitrogens with one attached hydrogen (secondary N) is 1. The summed E-state index contributed by atoms with van der Waals surface area (Å²) in [6, 6.07) is 0. The number of nitrogens with zero attached hydrogens (tertiary/aromatic N) is 1. The van der Waals surface area contributed by atoms with Crippen LogP contribution in [0.4, 0.5) is 0 Å². The van der Waals surface area contributed by atoms with Crippen LogP contribution in [0.3, 0.4) is 0 Å². The SMILES string of the molecule is CNC(=O)CC1CN(C)C1. The second kappa shape index (κ2) is 3.01. The van der Waals surface area contributed by atoms with Gasteiger partial charge in [0.25, 0.3) is 0 Å². The normalized spacial score (nSPS) is 20.2. The number of carbonyl (C=O) groups excluding carboxylic acids is 1. The molecule has 1 aliphatic rings. The predicted molar refractivity (Wildman–Crippen MR) is 39.7 cm³/mol. The lowest BCUT2D eigenvalue weighted by atomic mass is 9.97. The van der Waals surface area contributed by atoms with Crippen molar-refractivity contribution < 1.29 is 4.79 Å². The van der Waals surface area contributed by atoms with E-state index in [1.165, 1.54) is 0 Å². The van der Waals surface area contributed by atoms with Gasteiger partial charge in [0.15, 0.2) is 0 Å². The van der Waals surface area contributed by atoms with Crippen LogP contribution in [0, 0.1) is 5.92 Å². The maximum atomic E-state index is 10.8. The van der Waals surface area contributed by atoms with Gasteiger partial charge in [-0.1, -0.05) is 0 Å². The van der Waals surface area contributed by atoms with Crippen LogP contribution in [0.1, 0.15) is 6.42 Å². The van der Waals surface area contributed by atoms with Gasteiger partial charge in [0, 0.05) is 26.6 Å². The van der Waals surface area contributed by atoms with Gasteiger partial charge in [-0.25, -0.2) is 0 Å². The molecular weight excluding hydrogens is 128 g/mol. The van der Waals surface area contributed by atoms with Gasteiger partial charge in [-0.2, -0.15) is 0 Å². The van der Waals surface area contributed by atoms with Crippen LogP contribution in [0.5, 0.6) is 0 Å². The van der Waals surface area contributed by atoms with Crippen LogP contribution in [0.15, 0.2) is 0 Å². The van der Waals surface area contributed by atoms with E-state index in [4.69, 9.17) is 0 Å². The molecule has 1 aliphatic heterocycles. The quantitative estimate of drug-likeness (QED) is 0.573. The number of hydrogen-bond acceptors (Lipinski definition) is 2. The lowest BCUT2D eigenvalue weighted by Gasteiger charge is -2.35. The first-order chi connectivity index (χ1) is 4.72. The van der Waals surface area contributed by atoms with E-state index in [0.29, 0.717) is 12.3 Å². The average molecular weight is 142 g/mol. The molecule has 1 rings (SSSR count). The molecule has 3 heteroatoms. The Morgan fingerprint density at radius 3 is 2.70 bits per heavy atom. The average Bonchev–Trinajstić information content (AvgIpc) is 1.84. The number of hydrogen-bond donors (Lipinski definition) is 1. The summed E-state index contributed by atoms with van der Waals surface area (Å²) in [5, 5.41) is 2.62. The molecule has 0 unspecified atom stereocenters. The fourth-order valence-corrected chi connectivity index (χ4v) is 1.32. The lowest BCUT2D eigenvalue weighted by molar-refractivity contribution is -0.122. The van der Waals surface area contributed by atoms with Crippen LogP contribution in [0.2, 0.25) is 0 Å². The third-order valence-corrected chi connectivity index (χ3v) is 1.89. The van der Waals surface area contributed by atoms with Gasteiger partial charge in [0.05, 0.1) is 0 Å². The molecule has 3 nitrogen and oxygen atoms in total. The molecule has 0 aromatic heterocycles. The molecule has 1 N–H and O–H groups in total. The summed E-state index contributed by atoms with van der Waals surface area (Å²) in [6.45, 7) is 2.15. The number of likely N-dealkylation sites (tertiary alicyclic amines) is 1. The first-order valence-corrected chi connectivity index (χ1v) is 3.61. The zero-order chi connectivity index (χ0) is 7.56. The van der Waals surface area contributed by atoms with Crippen molar-refractivity contribution in [3.05, 3.63) is 0 Å². The maximum Gasteiger partial charge on any atom is 0.220 e. The molecule has 1 heterocycles. The van der Waals surface area contributed by atoms with Crippen molar-refractivity contribution in [3.63, 3.8) is 0 Å². The fraction of sp³-hybridized carbons (Fsp3) is 0.857. The lowest BCUT2D eigenvalue weighted by Crippen LogP contribution is -2.45. The molecular formula is C7H14N2O. The Morgan fingerprint density at radius 2 is 2.30 bits per heavy atom. The van der Waals surface area contributed by atoms with Gasteiger partial charge in [0.1, 0.15) is 0 Å². The zero-order valence-electron chi connectivity index (χ0n) is 6.55. The van der Waals surface area contributed by atoms with E-state index in [9.17, 15) is 4.79 Å². The summed E-state index contributed by atoms with van der Waals surface area (Å²) in [5.41, 5.74) is 0. The van der Waals surface area contributed by atoms with E-state index in [-0.39, 0.29) is 5.91 Å². The topological polar surface area (TPSA) is 32.3 Å². The van der Waals surface area contributed by atoms with Crippen molar-refractivity contribution in [1.29, 1.82) is 0 Å². The highest BCUT2D eigenvalue weighted by Crippen LogP contribution is 2.15. The highest BCUT2D eigenvalue weighted by Gasteiger charge is 2.24. The van der Waals surface area contributed by atoms with E-state index >= 15 is 0 Å². The molecule has 1 fully saturated rings. The second-order valence-electron chi connectivity index (χ2n) is 2.96. The summed E-state index contributed by atoms with van der Waals surface area (Å²) >= 11 is 0. The monoisotopic (exact) mass is 142 g/mol. The summed E-state index contributed by atoms with van der Waals surface area (Å²) in [4.78, 5) is 13.0. The number of amides is 1. The van der Waals surface area contributed by atoms with Gasteiger partial charge < -0.3 is 10.2 Å². The molecule has 0 aromatic carbocycles. The Kier molecular flexibility index (Phi) is 2.27. The van der Waals surface area contributed by atoms with Gasteiger partial charge in [-0.3, -0.25) is 4.79 Å². The molecule has 0 atom stereocenters.